The van der Waals surface area contributed by atoms with E-state index in [-0.39, 0.29) is 18.3 Å². The molecule has 3 heterocycles. The second-order valence-electron chi connectivity index (χ2n) is 8.59. The Balaban J connectivity index is 0.00000294. The summed E-state index contributed by atoms with van der Waals surface area (Å²) in [6.45, 7) is 0.477. The van der Waals surface area contributed by atoms with Crippen molar-refractivity contribution in [3.05, 3.63) is 115 Å². The van der Waals surface area contributed by atoms with Crippen LogP contribution in [0.4, 0.5) is 5.69 Å². The van der Waals surface area contributed by atoms with E-state index in [1.807, 2.05) is 72.8 Å². The first-order chi connectivity index (χ1) is 18.2. The summed E-state index contributed by atoms with van der Waals surface area (Å²) in [5.41, 5.74) is 13.6. The molecule has 0 spiro atoms. The standard InChI is InChI=1S/C30H22N6O.ClH/c31-18-19-6-8-21(9-7-19)28-23(20-4-2-1-3-5-20)17-24-25(36-28)12-13-34-29(24)30(37)35-22-10-11-26-27(16-22)33-15-14-32-26;/h1-17H,18,31H2,(H,35,37);1H. The Labute approximate surface area is 225 Å². The second-order valence-corrected chi connectivity index (χ2v) is 8.59. The van der Waals surface area contributed by atoms with Gasteiger partial charge in [0.25, 0.3) is 5.91 Å². The van der Waals surface area contributed by atoms with Crippen molar-refractivity contribution in [1.82, 2.24) is 19.9 Å². The van der Waals surface area contributed by atoms with Gasteiger partial charge < -0.3 is 11.1 Å². The number of benzene rings is 3. The first kappa shape index (κ1) is 25.0. The van der Waals surface area contributed by atoms with Gasteiger partial charge in [0, 0.05) is 47.3 Å². The predicted octanol–water partition coefficient (Wildman–Crippen LogP) is 6.04. The van der Waals surface area contributed by atoms with Crippen molar-refractivity contribution < 1.29 is 4.79 Å². The van der Waals surface area contributed by atoms with Crippen LogP contribution in [-0.2, 0) is 6.54 Å². The van der Waals surface area contributed by atoms with Crippen molar-refractivity contribution in [2.24, 2.45) is 5.73 Å². The van der Waals surface area contributed by atoms with Crippen molar-refractivity contribution in [2.45, 2.75) is 6.54 Å². The SMILES string of the molecule is Cl.NCc1ccc(-c2nc3ccnc(C(=O)Nc4ccc5nccnc5c4)c3cc2-c2ccccc2)cc1. The van der Waals surface area contributed by atoms with Gasteiger partial charge in [0.15, 0.2) is 0 Å². The van der Waals surface area contributed by atoms with Crippen LogP contribution in [0.2, 0.25) is 0 Å². The molecule has 6 aromatic rings. The average Bonchev–Trinajstić information content (AvgIpc) is 2.96. The van der Waals surface area contributed by atoms with Crippen molar-refractivity contribution in [2.75, 3.05) is 5.32 Å². The van der Waals surface area contributed by atoms with Gasteiger partial charge in [0.2, 0.25) is 0 Å². The predicted molar refractivity (Wildman–Crippen MR) is 153 cm³/mol. The largest absolute Gasteiger partial charge is 0.326 e. The highest BCUT2D eigenvalue weighted by atomic mass is 35.5. The van der Waals surface area contributed by atoms with Crippen molar-refractivity contribution in [3.8, 4) is 22.4 Å². The van der Waals surface area contributed by atoms with Gasteiger partial charge in [-0.25, -0.2) is 4.98 Å². The van der Waals surface area contributed by atoms with Gasteiger partial charge in [-0.05, 0) is 41.5 Å². The summed E-state index contributed by atoms with van der Waals surface area (Å²) >= 11 is 0. The summed E-state index contributed by atoms with van der Waals surface area (Å²) in [5, 5.41) is 3.62. The molecule has 0 aliphatic rings. The highest BCUT2D eigenvalue weighted by Crippen LogP contribution is 2.34. The van der Waals surface area contributed by atoms with Crippen molar-refractivity contribution in [1.29, 1.82) is 0 Å². The zero-order chi connectivity index (χ0) is 25.2. The van der Waals surface area contributed by atoms with E-state index >= 15 is 0 Å². The highest BCUT2D eigenvalue weighted by molar-refractivity contribution is 6.12. The summed E-state index contributed by atoms with van der Waals surface area (Å²) in [5.74, 6) is -0.324. The summed E-state index contributed by atoms with van der Waals surface area (Å²) in [4.78, 5) is 31.4. The third-order valence-corrected chi connectivity index (χ3v) is 6.23. The molecule has 0 saturated heterocycles. The summed E-state index contributed by atoms with van der Waals surface area (Å²) in [7, 11) is 0. The number of rotatable bonds is 5. The van der Waals surface area contributed by atoms with Crippen LogP contribution in [0, 0.1) is 0 Å². The van der Waals surface area contributed by atoms with E-state index < -0.39 is 0 Å². The molecule has 38 heavy (non-hydrogen) atoms. The van der Waals surface area contributed by atoms with Crippen molar-refractivity contribution in [3.63, 3.8) is 0 Å². The number of hydrogen-bond acceptors (Lipinski definition) is 6. The maximum atomic E-state index is 13.4. The van der Waals surface area contributed by atoms with E-state index in [1.54, 1.807) is 30.7 Å². The molecule has 8 heteroatoms. The first-order valence-electron chi connectivity index (χ1n) is 11.9. The van der Waals surface area contributed by atoms with Crippen LogP contribution in [0.3, 0.4) is 0 Å². The second kappa shape index (κ2) is 10.7. The number of hydrogen-bond donors (Lipinski definition) is 2. The van der Waals surface area contributed by atoms with E-state index in [0.717, 1.165) is 33.5 Å². The lowest BCUT2D eigenvalue weighted by atomic mass is 9.96. The van der Waals surface area contributed by atoms with E-state index in [9.17, 15) is 4.79 Å². The lowest BCUT2D eigenvalue weighted by molar-refractivity contribution is 0.102. The number of halogens is 1. The number of anilines is 1. The number of carbonyl (C=O) groups excluding carboxylic acids is 1. The third kappa shape index (κ3) is 4.80. The minimum absolute atomic E-state index is 0. The summed E-state index contributed by atoms with van der Waals surface area (Å²) in [6.07, 6.45) is 4.87. The molecule has 0 bridgehead atoms. The molecular formula is C30H23ClN6O. The molecule has 7 nitrogen and oxygen atoms in total. The van der Waals surface area contributed by atoms with Crippen LogP contribution in [0.1, 0.15) is 16.1 Å². The minimum atomic E-state index is -0.324. The molecular weight excluding hydrogens is 496 g/mol. The highest BCUT2D eigenvalue weighted by Gasteiger charge is 2.18. The van der Waals surface area contributed by atoms with Crippen molar-refractivity contribution >= 4 is 45.9 Å². The molecule has 3 aromatic carbocycles. The molecule has 0 saturated carbocycles. The topological polar surface area (TPSA) is 107 Å². The zero-order valence-electron chi connectivity index (χ0n) is 20.2. The Bertz CT molecular complexity index is 1760. The Hall–Kier alpha value is -4.72. The quantitative estimate of drug-likeness (QED) is 0.288. The third-order valence-electron chi connectivity index (χ3n) is 6.23. The maximum absolute atomic E-state index is 13.4. The van der Waals surface area contributed by atoms with Gasteiger partial charge in [-0.3, -0.25) is 19.7 Å². The molecule has 0 atom stereocenters. The Kier molecular flexibility index (Phi) is 7.04. The fourth-order valence-electron chi connectivity index (χ4n) is 4.36. The number of nitrogens with one attached hydrogen (secondary N) is 1. The molecule has 0 unspecified atom stereocenters. The number of aromatic nitrogens is 4. The normalized spacial score (nSPS) is 10.8. The molecule has 3 N–H and O–H groups in total. The molecule has 1 amide bonds. The number of amides is 1. The molecule has 0 fully saturated rings. The summed E-state index contributed by atoms with van der Waals surface area (Å²) < 4.78 is 0. The molecule has 0 radical (unpaired) electrons. The number of carbonyl (C=O) groups is 1. The Morgan fingerprint density at radius 1 is 0.737 bits per heavy atom. The van der Waals surface area contributed by atoms with Crippen LogP contribution >= 0.6 is 12.4 Å². The van der Waals surface area contributed by atoms with E-state index in [2.05, 4.69) is 20.3 Å². The fraction of sp³-hybridized carbons (Fsp3) is 0.0333. The zero-order valence-corrected chi connectivity index (χ0v) is 21.0. The van der Waals surface area contributed by atoms with E-state index in [0.29, 0.717) is 34.3 Å². The average molecular weight is 519 g/mol. The minimum Gasteiger partial charge on any atom is -0.326 e. The van der Waals surface area contributed by atoms with Gasteiger partial charge in [-0.2, -0.15) is 0 Å². The van der Waals surface area contributed by atoms with Crippen LogP contribution in [-0.4, -0.2) is 25.8 Å². The van der Waals surface area contributed by atoms with Crippen LogP contribution < -0.4 is 11.1 Å². The van der Waals surface area contributed by atoms with Gasteiger partial charge >= 0.3 is 0 Å². The monoisotopic (exact) mass is 518 g/mol. The van der Waals surface area contributed by atoms with Gasteiger partial charge in [0.05, 0.1) is 22.2 Å². The molecule has 0 aliphatic heterocycles. The maximum Gasteiger partial charge on any atom is 0.274 e. The fourth-order valence-corrected chi connectivity index (χ4v) is 4.36. The Morgan fingerprint density at radius 2 is 1.50 bits per heavy atom. The van der Waals surface area contributed by atoms with Gasteiger partial charge in [-0.15, -0.1) is 12.4 Å². The Morgan fingerprint density at radius 3 is 2.26 bits per heavy atom. The molecule has 0 aliphatic carbocycles. The number of pyridine rings is 2. The lowest BCUT2D eigenvalue weighted by Crippen LogP contribution is -2.14. The van der Waals surface area contributed by atoms with Gasteiger partial charge in [0.1, 0.15) is 5.69 Å². The smallest absolute Gasteiger partial charge is 0.274 e. The number of nitrogens with two attached hydrogens (primary N) is 1. The molecule has 3 aromatic heterocycles. The lowest BCUT2D eigenvalue weighted by Gasteiger charge is -2.14. The van der Waals surface area contributed by atoms with E-state index in [1.165, 1.54) is 0 Å². The van der Waals surface area contributed by atoms with Gasteiger partial charge in [-0.1, -0.05) is 54.6 Å². The van der Waals surface area contributed by atoms with Crippen LogP contribution in [0.25, 0.3) is 44.3 Å². The molecule has 186 valence electrons. The first-order valence-corrected chi connectivity index (χ1v) is 11.9. The van der Waals surface area contributed by atoms with Crippen LogP contribution in [0.5, 0.6) is 0 Å². The van der Waals surface area contributed by atoms with Crippen LogP contribution in [0.15, 0.2) is 104 Å². The number of nitrogens with zero attached hydrogens (tertiary/aromatic N) is 4. The van der Waals surface area contributed by atoms with E-state index in [4.69, 9.17) is 10.7 Å². The number of fused-ring (bicyclic) bond motifs is 2. The molecule has 6 rings (SSSR count). The summed E-state index contributed by atoms with van der Waals surface area (Å²) in [6, 6.07) is 27.3.